The molecule has 9 nitrogen and oxygen atoms in total. The molecule has 0 unspecified atom stereocenters. The summed E-state index contributed by atoms with van der Waals surface area (Å²) < 4.78 is 5.61. The number of likely N-dealkylation sites (N-methyl/N-ethyl adjacent to an activating group) is 1. The molecule has 4 N–H and O–H groups in total. The molecule has 2 aliphatic heterocycles. The van der Waals surface area contributed by atoms with E-state index in [4.69, 9.17) is 4.74 Å². The van der Waals surface area contributed by atoms with Crippen molar-refractivity contribution in [2.75, 3.05) is 67.2 Å². The van der Waals surface area contributed by atoms with E-state index in [-0.39, 0.29) is 5.56 Å². The Kier molecular flexibility index (Phi) is 6.09. The Labute approximate surface area is 197 Å². The summed E-state index contributed by atoms with van der Waals surface area (Å²) in [4.78, 5) is 32.9. The molecule has 2 aromatic carbocycles. The highest BCUT2D eigenvalue weighted by atomic mass is 16.5. The van der Waals surface area contributed by atoms with Crippen LogP contribution in [-0.2, 0) is 0 Å². The molecule has 3 aromatic rings. The van der Waals surface area contributed by atoms with Crippen LogP contribution in [0, 0.1) is 0 Å². The Morgan fingerprint density at radius 2 is 1.76 bits per heavy atom. The first-order chi connectivity index (χ1) is 16.6. The third kappa shape index (κ3) is 4.69. The van der Waals surface area contributed by atoms with Crippen LogP contribution in [0.3, 0.4) is 0 Å². The number of pyridine rings is 1. The van der Waals surface area contributed by atoms with Gasteiger partial charge in [-0.1, -0.05) is 0 Å². The zero-order chi connectivity index (χ0) is 23.5. The number of ether oxygens (including phenoxy) is 1. The number of carbonyl (C=O) groups excluding carboxylic acids is 1. The van der Waals surface area contributed by atoms with Crippen molar-refractivity contribution in [1.29, 1.82) is 0 Å². The summed E-state index contributed by atoms with van der Waals surface area (Å²) in [7, 11) is 2.13. The van der Waals surface area contributed by atoms with E-state index in [9.17, 15) is 9.59 Å². The number of benzene rings is 2. The molecule has 0 aliphatic carbocycles. The molecule has 0 bridgehead atoms. The van der Waals surface area contributed by atoms with E-state index >= 15 is 0 Å². The van der Waals surface area contributed by atoms with Gasteiger partial charge in [0.15, 0.2) is 0 Å². The predicted octanol–water partition coefficient (Wildman–Crippen LogP) is 2.93. The Bertz CT molecular complexity index is 1230. The smallest absolute Gasteiger partial charge is 0.263 e. The van der Waals surface area contributed by atoms with Gasteiger partial charge in [0.2, 0.25) is 0 Å². The maximum atomic E-state index is 13.1. The number of hydrogen-bond donors (Lipinski definition) is 4. The van der Waals surface area contributed by atoms with Crippen molar-refractivity contribution in [2.45, 2.75) is 0 Å². The number of piperazine rings is 1. The second-order valence-electron chi connectivity index (χ2n) is 8.50. The van der Waals surface area contributed by atoms with Crippen molar-refractivity contribution in [3.05, 3.63) is 70.6 Å². The lowest BCUT2D eigenvalue weighted by atomic mass is 10.1. The molecule has 9 heteroatoms. The minimum absolute atomic E-state index is 0.0209. The maximum absolute atomic E-state index is 13.1. The first kappa shape index (κ1) is 21.8. The lowest BCUT2D eigenvalue weighted by molar-refractivity contribution is 0.102. The quantitative estimate of drug-likeness (QED) is 0.464. The number of amides is 1. The molecule has 176 valence electrons. The summed E-state index contributed by atoms with van der Waals surface area (Å²) in [5, 5.41) is 9.34. The van der Waals surface area contributed by atoms with Crippen LogP contribution in [0.5, 0.6) is 5.75 Å². The number of nitrogens with zero attached hydrogens (tertiary/aromatic N) is 2. The molecule has 0 saturated carbocycles. The number of hydrogen-bond acceptors (Lipinski definition) is 7. The monoisotopic (exact) mass is 460 g/mol. The van der Waals surface area contributed by atoms with E-state index in [0.29, 0.717) is 18.0 Å². The van der Waals surface area contributed by atoms with Crippen molar-refractivity contribution in [3.63, 3.8) is 0 Å². The summed E-state index contributed by atoms with van der Waals surface area (Å²) in [5.74, 6) is 0.303. The highest BCUT2D eigenvalue weighted by Crippen LogP contribution is 2.31. The van der Waals surface area contributed by atoms with Crippen LogP contribution in [0.25, 0.3) is 0 Å². The summed E-state index contributed by atoms with van der Waals surface area (Å²) in [6.07, 6.45) is 1.52. The highest BCUT2D eigenvalue weighted by molar-refractivity contribution is 6.08. The number of rotatable bonds is 5. The Balaban J connectivity index is 1.32. The molecule has 1 amide bonds. The molecule has 0 atom stereocenters. The normalized spacial score (nSPS) is 15.6. The van der Waals surface area contributed by atoms with Gasteiger partial charge < -0.3 is 35.5 Å². The average molecular weight is 461 g/mol. The van der Waals surface area contributed by atoms with Gasteiger partial charge in [0, 0.05) is 56.0 Å². The number of aromatic nitrogens is 1. The molecule has 34 heavy (non-hydrogen) atoms. The standard InChI is InChI=1S/C25H28N6O3/c1-30-11-13-31(14-12-30)19-5-2-17(3-6-19)29-25(33)23-20(8-9-27-24(23)32)28-18-4-7-22-21(16-18)26-10-15-34-22/h2-9,16,26H,10-15H2,1H3,(H,29,33)(H2,27,28,32). The van der Waals surface area contributed by atoms with Crippen LogP contribution in [0.15, 0.2) is 59.5 Å². The van der Waals surface area contributed by atoms with Gasteiger partial charge in [0.1, 0.15) is 17.9 Å². The van der Waals surface area contributed by atoms with Gasteiger partial charge in [-0.15, -0.1) is 0 Å². The van der Waals surface area contributed by atoms with Gasteiger partial charge in [-0.05, 0) is 55.6 Å². The molecule has 0 radical (unpaired) electrons. The van der Waals surface area contributed by atoms with E-state index in [1.165, 1.54) is 6.20 Å². The van der Waals surface area contributed by atoms with Crippen LogP contribution in [0.4, 0.5) is 28.4 Å². The predicted molar refractivity (Wildman–Crippen MR) is 135 cm³/mol. The lowest BCUT2D eigenvalue weighted by Crippen LogP contribution is -2.44. The topological polar surface area (TPSA) is 102 Å². The van der Waals surface area contributed by atoms with E-state index in [0.717, 1.165) is 55.5 Å². The summed E-state index contributed by atoms with van der Waals surface area (Å²) in [6.45, 7) is 5.34. The van der Waals surface area contributed by atoms with Crippen molar-refractivity contribution < 1.29 is 9.53 Å². The minimum Gasteiger partial charge on any atom is -0.490 e. The molecule has 1 saturated heterocycles. The Morgan fingerprint density at radius 3 is 2.56 bits per heavy atom. The van der Waals surface area contributed by atoms with Crippen molar-refractivity contribution in [2.24, 2.45) is 0 Å². The van der Waals surface area contributed by atoms with Crippen LogP contribution in [-0.4, -0.2) is 62.2 Å². The number of nitrogens with one attached hydrogen (secondary N) is 4. The third-order valence-corrected chi connectivity index (χ3v) is 6.12. The average Bonchev–Trinajstić information content (AvgIpc) is 2.85. The lowest BCUT2D eigenvalue weighted by Gasteiger charge is -2.34. The molecule has 2 aliphatic rings. The Hall–Kier alpha value is -3.98. The zero-order valence-electron chi connectivity index (χ0n) is 19.1. The van der Waals surface area contributed by atoms with Gasteiger partial charge in [0.25, 0.3) is 11.5 Å². The Morgan fingerprint density at radius 1 is 1.00 bits per heavy atom. The zero-order valence-corrected chi connectivity index (χ0v) is 19.1. The number of H-pyrrole nitrogens is 1. The second kappa shape index (κ2) is 9.48. The van der Waals surface area contributed by atoms with Gasteiger partial charge in [-0.3, -0.25) is 9.59 Å². The first-order valence-corrected chi connectivity index (χ1v) is 11.4. The van der Waals surface area contributed by atoms with E-state index in [2.05, 4.69) is 37.8 Å². The summed E-state index contributed by atoms with van der Waals surface area (Å²) in [5.41, 5.74) is 3.35. The number of carbonyl (C=O) groups is 1. The van der Waals surface area contributed by atoms with Gasteiger partial charge in [-0.2, -0.15) is 0 Å². The maximum Gasteiger partial charge on any atom is 0.263 e. The largest absolute Gasteiger partial charge is 0.490 e. The summed E-state index contributed by atoms with van der Waals surface area (Å²) >= 11 is 0. The van der Waals surface area contributed by atoms with Gasteiger partial charge in [-0.25, -0.2) is 0 Å². The van der Waals surface area contributed by atoms with Gasteiger partial charge >= 0.3 is 0 Å². The molecular formula is C25H28N6O3. The second-order valence-corrected chi connectivity index (χ2v) is 8.50. The van der Waals surface area contributed by atoms with Crippen molar-refractivity contribution >= 4 is 34.3 Å². The fourth-order valence-corrected chi connectivity index (χ4v) is 4.20. The first-order valence-electron chi connectivity index (χ1n) is 11.4. The number of aromatic amines is 1. The van der Waals surface area contributed by atoms with Crippen LogP contribution in [0.2, 0.25) is 0 Å². The SMILES string of the molecule is CN1CCN(c2ccc(NC(=O)c3c(Nc4ccc5c(c4)NCCO5)cc[nH]c3=O)cc2)CC1. The third-order valence-electron chi connectivity index (χ3n) is 6.12. The molecule has 1 fully saturated rings. The van der Waals surface area contributed by atoms with Crippen LogP contribution < -0.4 is 31.1 Å². The van der Waals surface area contributed by atoms with E-state index in [1.807, 2.05) is 42.5 Å². The molecular weight excluding hydrogens is 432 g/mol. The molecule has 5 rings (SSSR count). The van der Waals surface area contributed by atoms with Crippen molar-refractivity contribution in [3.8, 4) is 5.75 Å². The summed E-state index contributed by atoms with van der Waals surface area (Å²) in [6, 6.07) is 15.0. The van der Waals surface area contributed by atoms with E-state index < -0.39 is 11.5 Å². The van der Waals surface area contributed by atoms with Crippen LogP contribution in [0.1, 0.15) is 10.4 Å². The van der Waals surface area contributed by atoms with E-state index in [1.54, 1.807) is 6.07 Å². The van der Waals surface area contributed by atoms with Gasteiger partial charge in [0.05, 0.1) is 11.4 Å². The fourth-order valence-electron chi connectivity index (χ4n) is 4.20. The number of anilines is 5. The molecule has 1 aromatic heterocycles. The molecule has 3 heterocycles. The molecule has 0 spiro atoms. The number of fused-ring (bicyclic) bond motifs is 1. The minimum atomic E-state index is -0.476. The highest BCUT2D eigenvalue weighted by Gasteiger charge is 2.18. The van der Waals surface area contributed by atoms with Crippen LogP contribution >= 0.6 is 0 Å². The fraction of sp³-hybridized carbons (Fsp3) is 0.280. The van der Waals surface area contributed by atoms with Crippen molar-refractivity contribution in [1.82, 2.24) is 9.88 Å².